The lowest BCUT2D eigenvalue weighted by Gasteiger charge is -2.05. The molecule has 4 rings (SSSR count). The predicted octanol–water partition coefficient (Wildman–Crippen LogP) is 0.824. The molecule has 16 heteroatoms. The van der Waals surface area contributed by atoms with E-state index in [1.807, 2.05) is 0 Å². The molecule has 0 saturated heterocycles. The summed E-state index contributed by atoms with van der Waals surface area (Å²) < 4.78 is 9.45. The number of phenolic OH excluding ortho intramolecular Hbond substituents is 2. The Labute approximate surface area is 208 Å². The van der Waals surface area contributed by atoms with Crippen LogP contribution in [0.5, 0.6) is 11.5 Å². The van der Waals surface area contributed by atoms with Gasteiger partial charge in [-0.15, -0.1) is 10.2 Å². The summed E-state index contributed by atoms with van der Waals surface area (Å²) >= 11 is 0. The van der Waals surface area contributed by atoms with Gasteiger partial charge in [-0.05, 0) is 44.9 Å². The maximum absolute atomic E-state index is 9.76. The van der Waals surface area contributed by atoms with Crippen LogP contribution in [0, 0.1) is 0 Å². The maximum Gasteiger partial charge on any atom is 0.203 e. The summed E-state index contributed by atoms with van der Waals surface area (Å²) in [5.41, 5.74) is 13.0. The van der Waals surface area contributed by atoms with Gasteiger partial charge in [0, 0.05) is 11.1 Å². The summed E-state index contributed by atoms with van der Waals surface area (Å²) in [6, 6.07) is 13.2. The van der Waals surface area contributed by atoms with Gasteiger partial charge in [-0.3, -0.25) is 0 Å². The zero-order chi connectivity index (χ0) is 26.0. The van der Waals surface area contributed by atoms with Crippen molar-refractivity contribution < 1.29 is 19.5 Å². The number of phenols is 2. The van der Waals surface area contributed by atoms with Gasteiger partial charge in [0.05, 0.1) is 19.1 Å². The minimum atomic E-state index is -0.0853. The zero-order valence-electron chi connectivity index (χ0n) is 18.9. The number of anilines is 2. The Kier molecular flexibility index (Phi) is 7.60. The molecule has 16 nitrogen and oxygen atoms in total. The normalized spacial score (nSPS) is 12.4. The number of hydrogen-bond donors (Lipinski definition) is 6. The van der Waals surface area contributed by atoms with Crippen LogP contribution in [0.3, 0.4) is 0 Å². The lowest BCUT2D eigenvalue weighted by Crippen LogP contribution is -2.21. The van der Waals surface area contributed by atoms with Crippen LogP contribution in [-0.2, 0) is 0 Å². The standard InChI is InChI=1S/C21H20N12O4/c22-18(28-26-9-12-5-1-3-7-14(12)34)16-20(32-36-30-16)24-11-25-21-17(31-37-33-21)19(23)29-27-10-13-6-2-4-8-15(13)35/h1-10,34-35H,11H2,(H2,22,28)(H2,23,29)(H,24,32)(H,25,33)/b26-9-,27-10-. The zero-order valence-corrected chi connectivity index (χ0v) is 18.9. The lowest BCUT2D eigenvalue weighted by atomic mass is 10.2. The van der Waals surface area contributed by atoms with Crippen LogP contribution in [0.25, 0.3) is 0 Å². The second kappa shape index (κ2) is 11.6. The molecule has 0 radical (unpaired) electrons. The van der Waals surface area contributed by atoms with Crippen LogP contribution >= 0.6 is 0 Å². The Morgan fingerprint density at radius 1 is 0.730 bits per heavy atom. The molecule has 0 bridgehead atoms. The fraction of sp³-hybridized carbons (Fsp3) is 0.0476. The first-order valence-electron chi connectivity index (χ1n) is 10.5. The monoisotopic (exact) mass is 504 g/mol. The van der Waals surface area contributed by atoms with Gasteiger partial charge in [0.25, 0.3) is 0 Å². The SMILES string of the molecule is NC(=N/N=C\c1ccccc1O)c1nonc1NCNc1nonc1C(N)=N/N=C\c1ccccc1O. The van der Waals surface area contributed by atoms with Crippen LogP contribution in [0.4, 0.5) is 11.6 Å². The molecule has 0 aliphatic heterocycles. The van der Waals surface area contributed by atoms with Crippen LogP contribution in [0.1, 0.15) is 22.5 Å². The van der Waals surface area contributed by atoms with Gasteiger partial charge >= 0.3 is 0 Å². The van der Waals surface area contributed by atoms with Crippen molar-refractivity contribution in [3.8, 4) is 11.5 Å². The first-order valence-corrected chi connectivity index (χ1v) is 10.5. The number of aromatic nitrogens is 4. The van der Waals surface area contributed by atoms with Crippen molar-refractivity contribution in [3.05, 3.63) is 71.0 Å². The highest BCUT2D eigenvalue weighted by molar-refractivity contribution is 6.00. The van der Waals surface area contributed by atoms with Crippen molar-refractivity contribution in [3.63, 3.8) is 0 Å². The molecule has 0 unspecified atom stereocenters. The van der Waals surface area contributed by atoms with Gasteiger partial charge in [-0.1, -0.05) is 24.3 Å². The summed E-state index contributed by atoms with van der Waals surface area (Å²) in [7, 11) is 0. The lowest BCUT2D eigenvalue weighted by molar-refractivity contribution is 0.307. The topological polar surface area (TPSA) is 244 Å². The van der Waals surface area contributed by atoms with Crippen LogP contribution in [0.15, 0.2) is 78.2 Å². The number of amidine groups is 2. The van der Waals surface area contributed by atoms with E-state index in [1.54, 1.807) is 36.4 Å². The Morgan fingerprint density at radius 3 is 1.59 bits per heavy atom. The second-order valence-corrected chi connectivity index (χ2v) is 7.03. The van der Waals surface area contributed by atoms with Gasteiger partial charge < -0.3 is 32.3 Å². The third kappa shape index (κ3) is 6.21. The Morgan fingerprint density at radius 2 is 1.16 bits per heavy atom. The number of hydrogen-bond acceptors (Lipinski definition) is 14. The molecule has 0 fully saturated rings. The molecule has 2 aromatic heterocycles. The molecule has 0 amide bonds. The molecule has 188 valence electrons. The third-order valence-corrected chi connectivity index (χ3v) is 4.57. The van der Waals surface area contributed by atoms with E-state index in [0.29, 0.717) is 11.1 Å². The van der Waals surface area contributed by atoms with E-state index in [4.69, 9.17) is 20.7 Å². The highest BCUT2D eigenvalue weighted by atomic mass is 16.6. The Bertz CT molecular complexity index is 1360. The number of para-hydroxylation sites is 2. The maximum atomic E-state index is 9.76. The number of rotatable bonds is 10. The van der Waals surface area contributed by atoms with E-state index in [1.165, 1.54) is 24.6 Å². The quantitative estimate of drug-likeness (QED) is 0.0760. The molecule has 2 aromatic carbocycles. The van der Waals surface area contributed by atoms with E-state index in [2.05, 4.69) is 51.7 Å². The van der Waals surface area contributed by atoms with Crippen molar-refractivity contribution in [2.24, 2.45) is 31.9 Å². The van der Waals surface area contributed by atoms with Gasteiger partial charge in [-0.25, -0.2) is 9.26 Å². The summed E-state index contributed by atoms with van der Waals surface area (Å²) in [4.78, 5) is 0. The predicted molar refractivity (Wildman–Crippen MR) is 134 cm³/mol. The number of nitrogens with one attached hydrogen (secondary N) is 2. The van der Waals surface area contributed by atoms with E-state index in [0.717, 1.165) is 0 Å². The van der Waals surface area contributed by atoms with E-state index in [9.17, 15) is 10.2 Å². The van der Waals surface area contributed by atoms with E-state index in [-0.39, 0.29) is 52.9 Å². The van der Waals surface area contributed by atoms with Crippen molar-refractivity contribution in [1.82, 2.24) is 20.6 Å². The minimum Gasteiger partial charge on any atom is -0.507 e. The van der Waals surface area contributed by atoms with Gasteiger partial charge in [0.2, 0.25) is 11.6 Å². The second-order valence-electron chi connectivity index (χ2n) is 7.03. The number of benzene rings is 2. The number of nitrogens with two attached hydrogens (primary N) is 2. The average molecular weight is 504 g/mol. The van der Waals surface area contributed by atoms with Crippen molar-refractivity contribution in [2.75, 3.05) is 17.3 Å². The fourth-order valence-corrected chi connectivity index (χ4v) is 2.75. The summed E-state index contributed by atoms with van der Waals surface area (Å²) in [5.74, 6) is 0.255. The smallest absolute Gasteiger partial charge is 0.203 e. The fourth-order valence-electron chi connectivity index (χ4n) is 2.75. The summed E-state index contributed by atoms with van der Waals surface area (Å²) in [6.07, 6.45) is 2.67. The molecule has 8 N–H and O–H groups in total. The largest absolute Gasteiger partial charge is 0.507 e. The van der Waals surface area contributed by atoms with E-state index >= 15 is 0 Å². The summed E-state index contributed by atoms with van der Waals surface area (Å²) in [6.45, 7) is 0.0469. The van der Waals surface area contributed by atoms with Gasteiger partial charge in [-0.2, -0.15) is 10.2 Å². The number of aromatic hydroxyl groups is 2. The summed E-state index contributed by atoms with van der Waals surface area (Å²) in [5, 5.41) is 55.6. The molecule has 0 atom stereocenters. The molecular weight excluding hydrogens is 484 g/mol. The van der Waals surface area contributed by atoms with Crippen LogP contribution < -0.4 is 22.1 Å². The molecule has 0 aliphatic rings. The molecule has 4 aromatic rings. The first-order chi connectivity index (χ1) is 18.0. The molecule has 37 heavy (non-hydrogen) atoms. The molecule has 2 heterocycles. The Hall–Kier alpha value is -5.80. The van der Waals surface area contributed by atoms with Crippen molar-refractivity contribution >= 4 is 35.7 Å². The van der Waals surface area contributed by atoms with Crippen molar-refractivity contribution in [1.29, 1.82) is 0 Å². The van der Waals surface area contributed by atoms with Crippen molar-refractivity contribution in [2.45, 2.75) is 0 Å². The molecule has 0 spiro atoms. The van der Waals surface area contributed by atoms with Gasteiger partial charge in [0.15, 0.2) is 23.1 Å². The highest BCUT2D eigenvalue weighted by Crippen LogP contribution is 2.15. The Balaban J connectivity index is 1.36. The third-order valence-electron chi connectivity index (χ3n) is 4.57. The van der Waals surface area contributed by atoms with E-state index < -0.39 is 0 Å². The van der Waals surface area contributed by atoms with Crippen LogP contribution in [0.2, 0.25) is 0 Å². The average Bonchev–Trinajstić information content (AvgIpc) is 3.56. The molecular formula is C21H20N12O4. The highest BCUT2D eigenvalue weighted by Gasteiger charge is 2.16. The van der Waals surface area contributed by atoms with Crippen LogP contribution in [-0.4, -0.2) is 61.6 Å². The molecule has 0 saturated carbocycles. The first kappa shape index (κ1) is 24.3. The minimum absolute atomic E-state index is 0.0469. The van der Waals surface area contributed by atoms with Gasteiger partial charge in [0.1, 0.15) is 11.5 Å². The molecule has 0 aliphatic carbocycles. The number of nitrogens with zero attached hydrogens (tertiary/aromatic N) is 8.